The molecule has 2 heterocycles. The van der Waals surface area contributed by atoms with Crippen molar-refractivity contribution >= 4 is 32.6 Å². The molecular formula is C24H23N3OS. The van der Waals surface area contributed by atoms with Crippen LogP contribution in [0.1, 0.15) is 28.7 Å². The summed E-state index contributed by atoms with van der Waals surface area (Å²) in [7, 11) is 0. The normalized spacial score (nSPS) is 11.0. The van der Waals surface area contributed by atoms with E-state index >= 15 is 0 Å². The van der Waals surface area contributed by atoms with Crippen LogP contribution in [0.15, 0.2) is 67.0 Å². The summed E-state index contributed by atoms with van der Waals surface area (Å²) < 4.78 is 1.11. The van der Waals surface area contributed by atoms with Crippen LogP contribution >= 0.6 is 11.3 Å². The van der Waals surface area contributed by atoms with Crippen molar-refractivity contribution in [3.63, 3.8) is 0 Å². The predicted octanol–water partition coefficient (Wildman–Crippen LogP) is 5.47. The molecule has 0 aliphatic heterocycles. The van der Waals surface area contributed by atoms with Gasteiger partial charge in [0.2, 0.25) is 5.91 Å². The third-order valence-corrected chi connectivity index (χ3v) is 6.10. The van der Waals surface area contributed by atoms with Crippen LogP contribution in [0.25, 0.3) is 10.2 Å². The Balaban J connectivity index is 1.63. The lowest BCUT2D eigenvalue weighted by Gasteiger charge is -2.20. The molecule has 0 N–H and O–H groups in total. The first-order chi connectivity index (χ1) is 14.1. The zero-order chi connectivity index (χ0) is 20.2. The summed E-state index contributed by atoms with van der Waals surface area (Å²) in [6.07, 6.45) is 4.71. The lowest BCUT2D eigenvalue weighted by Crippen LogP contribution is -2.30. The van der Waals surface area contributed by atoms with Crippen molar-refractivity contribution in [2.75, 3.05) is 4.90 Å². The third kappa shape index (κ3) is 4.51. The molecule has 1 amide bonds. The summed E-state index contributed by atoms with van der Waals surface area (Å²) in [6, 6.07) is 18.3. The van der Waals surface area contributed by atoms with Crippen LogP contribution < -0.4 is 4.90 Å². The van der Waals surface area contributed by atoms with Gasteiger partial charge >= 0.3 is 0 Å². The topological polar surface area (TPSA) is 46.1 Å². The Labute approximate surface area is 174 Å². The van der Waals surface area contributed by atoms with Crippen molar-refractivity contribution in [3.05, 3.63) is 89.2 Å². The Kier molecular flexibility index (Phi) is 5.67. The molecule has 5 heteroatoms. The highest BCUT2D eigenvalue weighted by Crippen LogP contribution is 2.32. The van der Waals surface area contributed by atoms with Gasteiger partial charge in [-0.15, -0.1) is 0 Å². The molecule has 0 aliphatic carbocycles. The quantitative estimate of drug-likeness (QED) is 0.430. The average Bonchev–Trinajstić information content (AvgIpc) is 3.14. The van der Waals surface area contributed by atoms with Gasteiger partial charge in [-0.2, -0.15) is 0 Å². The molecule has 0 saturated heterocycles. The number of carbonyl (C=O) groups is 1. The second kappa shape index (κ2) is 8.53. The summed E-state index contributed by atoms with van der Waals surface area (Å²) in [5, 5.41) is 0.743. The molecule has 0 spiro atoms. The molecule has 0 saturated carbocycles. The average molecular weight is 402 g/mol. The molecule has 2 aromatic carbocycles. The van der Waals surface area contributed by atoms with E-state index in [1.54, 1.807) is 28.6 Å². The fraction of sp³-hybridized carbons (Fsp3) is 0.208. The minimum absolute atomic E-state index is 0.0743. The van der Waals surface area contributed by atoms with E-state index in [1.807, 2.05) is 30.3 Å². The van der Waals surface area contributed by atoms with E-state index in [0.29, 0.717) is 19.4 Å². The van der Waals surface area contributed by atoms with Gasteiger partial charge in [-0.25, -0.2) is 4.98 Å². The van der Waals surface area contributed by atoms with E-state index in [4.69, 9.17) is 4.98 Å². The highest BCUT2D eigenvalue weighted by Gasteiger charge is 2.20. The molecule has 4 nitrogen and oxygen atoms in total. The molecular weight excluding hydrogens is 378 g/mol. The summed E-state index contributed by atoms with van der Waals surface area (Å²) in [6.45, 7) is 4.66. The van der Waals surface area contributed by atoms with Gasteiger partial charge in [-0.05, 0) is 60.7 Å². The number of carbonyl (C=O) groups excluding carboxylic acids is 1. The maximum atomic E-state index is 13.2. The number of nitrogens with zero attached hydrogens (tertiary/aromatic N) is 3. The Bertz CT molecular complexity index is 1080. The minimum atomic E-state index is 0.0743. The minimum Gasteiger partial charge on any atom is -0.284 e. The van der Waals surface area contributed by atoms with Gasteiger partial charge in [0.25, 0.3) is 0 Å². The lowest BCUT2D eigenvalue weighted by molar-refractivity contribution is -0.118. The van der Waals surface area contributed by atoms with Gasteiger partial charge in [0, 0.05) is 18.8 Å². The SMILES string of the molecule is Cc1cc2nc(N(Cc3cccnc3)C(=O)CCc3ccccc3)sc2cc1C. The first-order valence-electron chi connectivity index (χ1n) is 9.71. The number of amides is 1. The molecule has 146 valence electrons. The largest absolute Gasteiger partial charge is 0.284 e. The Morgan fingerprint density at radius 1 is 1.00 bits per heavy atom. The smallest absolute Gasteiger partial charge is 0.229 e. The van der Waals surface area contributed by atoms with Crippen LogP contribution in [0.5, 0.6) is 0 Å². The summed E-state index contributed by atoms with van der Waals surface area (Å²) in [4.78, 5) is 24.0. The number of fused-ring (bicyclic) bond motifs is 1. The first kappa shape index (κ1) is 19.3. The van der Waals surface area contributed by atoms with Crippen LogP contribution in [0.2, 0.25) is 0 Å². The van der Waals surface area contributed by atoms with Gasteiger partial charge < -0.3 is 0 Å². The van der Waals surface area contributed by atoms with E-state index in [9.17, 15) is 4.79 Å². The molecule has 0 unspecified atom stereocenters. The van der Waals surface area contributed by atoms with Gasteiger partial charge in [0.15, 0.2) is 5.13 Å². The molecule has 2 aromatic heterocycles. The number of aromatic nitrogens is 2. The van der Waals surface area contributed by atoms with Gasteiger partial charge in [-0.3, -0.25) is 14.7 Å². The summed E-state index contributed by atoms with van der Waals surface area (Å²) >= 11 is 1.57. The van der Waals surface area contributed by atoms with Crippen LogP contribution in [-0.2, 0) is 17.8 Å². The molecule has 0 atom stereocenters. The van der Waals surface area contributed by atoms with Crippen molar-refractivity contribution in [3.8, 4) is 0 Å². The standard InChI is InChI=1S/C24H23N3OS/c1-17-13-21-22(14-18(17)2)29-24(26-21)27(16-20-9-6-12-25-15-20)23(28)11-10-19-7-4-3-5-8-19/h3-9,12-15H,10-11,16H2,1-2H3. The molecule has 4 aromatic rings. The number of hydrogen-bond donors (Lipinski definition) is 0. The molecule has 29 heavy (non-hydrogen) atoms. The van der Waals surface area contributed by atoms with Crippen LogP contribution in [0, 0.1) is 13.8 Å². The Hall–Kier alpha value is -3.05. The Morgan fingerprint density at radius 3 is 2.52 bits per heavy atom. The number of pyridine rings is 1. The summed E-state index contributed by atoms with van der Waals surface area (Å²) in [5.41, 5.74) is 5.55. The van der Waals surface area contributed by atoms with Crippen molar-refractivity contribution in [2.24, 2.45) is 0 Å². The molecule has 0 fully saturated rings. The van der Waals surface area contributed by atoms with Gasteiger partial charge in [-0.1, -0.05) is 47.7 Å². The summed E-state index contributed by atoms with van der Waals surface area (Å²) in [5.74, 6) is 0.0743. The van der Waals surface area contributed by atoms with Crippen LogP contribution in [-0.4, -0.2) is 15.9 Å². The first-order valence-corrected chi connectivity index (χ1v) is 10.5. The van der Waals surface area contributed by atoms with Crippen molar-refractivity contribution in [2.45, 2.75) is 33.2 Å². The third-order valence-electron chi connectivity index (χ3n) is 5.06. The maximum Gasteiger partial charge on any atom is 0.229 e. The van der Waals surface area contributed by atoms with Crippen LogP contribution in [0.4, 0.5) is 5.13 Å². The number of anilines is 1. The van der Waals surface area contributed by atoms with Gasteiger partial charge in [0.05, 0.1) is 16.8 Å². The molecule has 0 radical (unpaired) electrons. The lowest BCUT2D eigenvalue weighted by atomic mass is 10.1. The second-order valence-corrected chi connectivity index (χ2v) is 8.24. The van der Waals surface area contributed by atoms with E-state index in [-0.39, 0.29) is 5.91 Å². The van der Waals surface area contributed by atoms with Crippen molar-refractivity contribution < 1.29 is 4.79 Å². The number of rotatable bonds is 6. The van der Waals surface area contributed by atoms with E-state index in [1.165, 1.54) is 11.1 Å². The monoisotopic (exact) mass is 401 g/mol. The number of hydrogen-bond acceptors (Lipinski definition) is 4. The van der Waals surface area contributed by atoms with Crippen molar-refractivity contribution in [1.29, 1.82) is 0 Å². The second-order valence-electron chi connectivity index (χ2n) is 7.23. The molecule has 4 rings (SSSR count). The van der Waals surface area contributed by atoms with Gasteiger partial charge in [0.1, 0.15) is 0 Å². The molecule has 0 aliphatic rings. The molecule has 0 bridgehead atoms. The van der Waals surface area contributed by atoms with E-state index in [2.05, 4.69) is 43.1 Å². The fourth-order valence-corrected chi connectivity index (χ4v) is 4.31. The zero-order valence-corrected chi connectivity index (χ0v) is 17.4. The number of benzene rings is 2. The zero-order valence-electron chi connectivity index (χ0n) is 16.6. The predicted molar refractivity (Wildman–Crippen MR) is 119 cm³/mol. The maximum absolute atomic E-state index is 13.2. The fourth-order valence-electron chi connectivity index (χ4n) is 3.25. The highest BCUT2D eigenvalue weighted by atomic mass is 32.1. The van der Waals surface area contributed by atoms with Crippen LogP contribution in [0.3, 0.4) is 0 Å². The number of thiazole rings is 1. The highest BCUT2D eigenvalue weighted by molar-refractivity contribution is 7.22. The van der Waals surface area contributed by atoms with Crippen molar-refractivity contribution in [1.82, 2.24) is 9.97 Å². The Morgan fingerprint density at radius 2 is 1.76 bits per heavy atom. The van der Waals surface area contributed by atoms with E-state index < -0.39 is 0 Å². The van der Waals surface area contributed by atoms with E-state index in [0.717, 1.165) is 26.5 Å². The number of aryl methyl sites for hydroxylation is 3.